The summed E-state index contributed by atoms with van der Waals surface area (Å²) >= 11 is 17.8. The Hall–Kier alpha value is -2.53. The molecule has 4 nitrogen and oxygen atoms in total. The number of benzene rings is 2. The molecule has 0 bridgehead atoms. The number of hydrogen-bond donors (Lipinski definition) is 0. The average Bonchev–Trinajstić information content (AvgIpc) is 2.75. The maximum atomic E-state index is 6.00. The molecule has 0 amide bonds. The van der Waals surface area contributed by atoms with Crippen molar-refractivity contribution < 1.29 is 0 Å². The van der Waals surface area contributed by atoms with Gasteiger partial charge in [-0.2, -0.15) is 0 Å². The van der Waals surface area contributed by atoms with Crippen LogP contribution in [-0.2, 0) is 0 Å². The summed E-state index contributed by atoms with van der Waals surface area (Å²) in [5.41, 5.74) is 1.81. The van der Waals surface area contributed by atoms with Gasteiger partial charge in [-0.25, -0.2) is 19.9 Å². The van der Waals surface area contributed by atoms with Gasteiger partial charge in [0.05, 0.1) is 5.69 Å². The van der Waals surface area contributed by atoms with Crippen molar-refractivity contribution in [2.24, 2.45) is 0 Å². The second-order valence-corrected chi connectivity index (χ2v) is 8.26. The van der Waals surface area contributed by atoms with E-state index in [-0.39, 0.29) is 17.1 Å². The molecule has 2 heterocycles. The molecule has 1 unspecified atom stereocenters. The summed E-state index contributed by atoms with van der Waals surface area (Å²) in [5.74, 6) is 1.20. The van der Waals surface area contributed by atoms with E-state index in [0.717, 1.165) is 24.2 Å². The van der Waals surface area contributed by atoms with Gasteiger partial charge in [0, 0.05) is 17.5 Å². The Balaban J connectivity index is 0.000000195. The standard InChI is InChI=1S/C13H11Cl3N4.2C6H6/c1-6-17-9(4-11(14)18-6)7-2-3-8(7)10-5-12(15)20-13(16)19-10;2*1-2-4-6-5-3-1/h4-5,7-8H,2-3H2,1H3;2*1-6H/t7-,8?;;/m1../s1. The van der Waals surface area contributed by atoms with E-state index in [9.17, 15) is 0 Å². The van der Waals surface area contributed by atoms with Crippen molar-refractivity contribution >= 4 is 34.8 Å². The zero-order chi connectivity index (χ0) is 22.8. The van der Waals surface area contributed by atoms with Gasteiger partial charge in [0.1, 0.15) is 16.1 Å². The Morgan fingerprint density at radius 2 is 0.938 bits per heavy atom. The monoisotopic (exact) mass is 484 g/mol. The number of aromatic nitrogens is 4. The van der Waals surface area contributed by atoms with Crippen molar-refractivity contribution in [1.82, 2.24) is 19.9 Å². The van der Waals surface area contributed by atoms with Crippen molar-refractivity contribution in [2.75, 3.05) is 0 Å². The minimum atomic E-state index is 0.176. The fraction of sp³-hybridized carbons (Fsp3) is 0.200. The molecule has 1 fully saturated rings. The molecular formula is C25H23Cl3N4. The number of rotatable bonds is 2. The molecule has 5 rings (SSSR count). The first-order valence-electron chi connectivity index (χ1n) is 10.2. The Morgan fingerprint density at radius 3 is 1.28 bits per heavy atom. The van der Waals surface area contributed by atoms with Gasteiger partial charge in [-0.05, 0) is 43.5 Å². The summed E-state index contributed by atoms with van der Waals surface area (Å²) < 4.78 is 0. The third-order valence-electron chi connectivity index (χ3n) is 4.88. The molecule has 0 N–H and O–H groups in total. The van der Waals surface area contributed by atoms with Gasteiger partial charge in [0.2, 0.25) is 5.28 Å². The van der Waals surface area contributed by atoms with Crippen molar-refractivity contribution in [3.05, 3.63) is 118 Å². The summed E-state index contributed by atoms with van der Waals surface area (Å²) in [6, 6.07) is 27.6. The first-order valence-corrected chi connectivity index (χ1v) is 11.4. The van der Waals surface area contributed by atoms with Gasteiger partial charge in [0.15, 0.2) is 0 Å². The largest absolute Gasteiger partial charge is 0.238 e. The molecule has 1 aliphatic rings. The third kappa shape index (κ3) is 7.56. The molecule has 2 aromatic carbocycles. The van der Waals surface area contributed by atoms with E-state index in [4.69, 9.17) is 34.8 Å². The molecule has 0 spiro atoms. The highest BCUT2D eigenvalue weighted by atomic mass is 35.5. The van der Waals surface area contributed by atoms with Crippen LogP contribution in [0.2, 0.25) is 15.6 Å². The van der Waals surface area contributed by atoms with Crippen LogP contribution in [0.4, 0.5) is 0 Å². The van der Waals surface area contributed by atoms with Gasteiger partial charge >= 0.3 is 0 Å². The molecule has 2 atom stereocenters. The van der Waals surface area contributed by atoms with Crippen LogP contribution in [0.5, 0.6) is 0 Å². The smallest absolute Gasteiger partial charge is 0.224 e. The number of aryl methyl sites for hydroxylation is 1. The van der Waals surface area contributed by atoms with E-state index in [2.05, 4.69) is 19.9 Å². The van der Waals surface area contributed by atoms with Crippen molar-refractivity contribution in [2.45, 2.75) is 31.6 Å². The molecule has 32 heavy (non-hydrogen) atoms. The molecule has 1 aliphatic carbocycles. The second-order valence-electron chi connectivity index (χ2n) is 7.15. The number of halogens is 3. The minimum Gasteiger partial charge on any atom is -0.238 e. The lowest BCUT2D eigenvalue weighted by Crippen LogP contribution is -2.24. The van der Waals surface area contributed by atoms with Crippen molar-refractivity contribution in [1.29, 1.82) is 0 Å². The van der Waals surface area contributed by atoms with Gasteiger partial charge < -0.3 is 0 Å². The quantitative estimate of drug-likeness (QED) is 0.217. The Labute approximate surface area is 203 Å². The highest BCUT2D eigenvalue weighted by Crippen LogP contribution is 2.48. The van der Waals surface area contributed by atoms with E-state index in [1.807, 2.05) is 85.8 Å². The Kier molecular flexibility index (Phi) is 9.42. The lowest BCUT2D eigenvalue weighted by molar-refractivity contribution is 0.332. The van der Waals surface area contributed by atoms with Crippen LogP contribution in [-0.4, -0.2) is 19.9 Å². The Bertz CT molecular complexity index is 912. The van der Waals surface area contributed by atoms with Crippen LogP contribution in [0.15, 0.2) is 84.9 Å². The number of hydrogen-bond acceptors (Lipinski definition) is 4. The predicted molar refractivity (Wildman–Crippen MR) is 131 cm³/mol. The summed E-state index contributed by atoms with van der Waals surface area (Å²) in [7, 11) is 0. The lowest BCUT2D eigenvalue weighted by atomic mass is 9.70. The molecule has 164 valence electrons. The highest BCUT2D eigenvalue weighted by molar-refractivity contribution is 6.31. The van der Waals surface area contributed by atoms with E-state index in [1.165, 1.54) is 0 Å². The summed E-state index contributed by atoms with van der Waals surface area (Å²) in [4.78, 5) is 16.7. The molecule has 2 aromatic heterocycles. The van der Waals surface area contributed by atoms with Gasteiger partial charge in [-0.3, -0.25) is 0 Å². The molecular weight excluding hydrogens is 463 g/mol. The third-order valence-corrected chi connectivity index (χ3v) is 5.44. The fourth-order valence-corrected chi connectivity index (χ4v) is 3.97. The summed E-state index contributed by atoms with van der Waals surface area (Å²) in [6.07, 6.45) is 2.06. The number of nitrogens with zero attached hydrogens (tertiary/aromatic N) is 4. The first kappa shape index (κ1) is 24.1. The van der Waals surface area contributed by atoms with E-state index >= 15 is 0 Å². The molecule has 7 heteroatoms. The minimum absolute atomic E-state index is 0.176. The summed E-state index contributed by atoms with van der Waals surface area (Å²) in [5, 5.41) is 1.01. The molecule has 4 aromatic rings. The van der Waals surface area contributed by atoms with E-state index < -0.39 is 0 Å². The van der Waals surface area contributed by atoms with Crippen LogP contribution >= 0.6 is 34.8 Å². The van der Waals surface area contributed by atoms with Crippen LogP contribution in [0.1, 0.15) is 41.9 Å². The highest BCUT2D eigenvalue weighted by Gasteiger charge is 2.36. The van der Waals surface area contributed by atoms with Crippen LogP contribution in [0.25, 0.3) is 0 Å². The van der Waals surface area contributed by atoms with Crippen molar-refractivity contribution in [3.8, 4) is 0 Å². The first-order chi connectivity index (χ1) is 15.5. The lowest BCUT2D eigenvalue weighted by Gasteiger charge is -2.35. The predicted octanol–water partition coefficient (Wildman–Crippen LogP) is 7.57. The molecule has 0 aliphatic heterocycles. The van der Waals surface area contributed by atoms with Gasteiger partial charge in [-0.1, -0.05) is 96.0 Å². The normalized spacial score (nSPS) is 16.5. The van der Waals surface area contributed by atoms with Crippen LogP contribution < -0.4 is 0 Å². The summed E-state index contributed by atoms with van der Waals surface area (Å²) in [6.45, 7) is 1.83. The van der Waals surface area contributed by atoms with Crippen molar-refractivity contribution in [3.63, 3.8) is 0 Å². The van der Waals surface area contributed by atoms with E-state index in [0.29, 0.717) is 16.1 Å². The fourth-order valence-electron chi connectivity index (χ4n) is 3.32. The maximum Gasteiger partial charge on any atom is 0.224 e. The Morgan fingerprint density at radius 1 is 0.562 bits per heavy atom. The van der Waals surface area contributed by atoms with E-state index in [1.54, 1.807) is 6.07 Å². The van der Waals surface area contributed by atoms with Crippen LogP contribution in [0, 0.1) is 6.92 Å². The molecule has 0 radical (unpaired) electrons. The van der Waals surface area contributed by atoms with Gasteiger partial charge in [-0.15, -0.1) is 0 Å². The molecule has 1 saturated carbocycles. The zero-order valence-electron chi connectivity index (χ0n) is 17.6. The average molecular weight is 486 g/mol. The second kappa shape index (κ2) is 12.5. The SMILES string of the molecule is Cc1nc(Cl)cc([C@@H]2CCC2c2cc(Cl)nc(Cl)n2)n1.c1ccccc1.c1ccccc1. The van der Waals surface area contributed by atoms with Gasteiger partial charge in [0.25, 0.3) is 0 Å². The maximum absolute atomic E-state index is 6.00. The van der Waals surface area contributed by atoms with Crippen LogP contribution in [0.3, 0.4) is 0 Å². The topological polar surface area (TPSA) is 51.6 Å². The zero-order valence-corrected chi connectivity index (χ0v) is 19.8. The molecule has 0 saturated heterocycles.